The lowest BCUT2D eigenvalue weighted by molar-refractivity contribution is 0.0238. The molecule has 5 rings (SSSR count). The minimum Gasteiger partial charge on any atom is -0.379 e. The van der Waals surface area contributed by atoms with E-state index in [0.717, 1.165) is 44.4 Å². The highest BCUT2D eigenvalue weighted by molar-refractivity contribution is 7.99. The molecule has 46 heavy (non-hydrogen) atoms. The predicted molar refractivity (Wildman–Crippen MR) is 202 cm³/mol. The normalized spacial score (nSPS) is 23.8. The van der Waals surface area contributed by atoms with Gasteiger partial charge in [0, 0.05) is 107 Å². The van der Waals surface area contributed by atoms with Crippen LogP contribution in [0, 0.1) is 0 Å². The molecular weight excluding hydrogens is 617 g/mol. The van der Waals surface area contributed by atoms with Crippen molar-refractivity contribution in [2.75, 3.05) is 122 Å². The number of piperazine rings is 1. The van der Waals surface area contributed by atoms with E-state index in [1.807, 2.05) is 0 Å². The second-order valence-electron chi connectivity index (χ2n) is 14.7. The second-order valence-corrected chi connectivity index (χ2v) is 18.2. The monoisotopic (exact) mass is 693 g/mol. The van der Waals surface area contributed by atoms with Gasteiger partial charge >= 0.3 is 0 Å². The van der Waals surface area contributed by atoms with Crippen LogP contribution in [-0.2, 0) is 14.6 Å². The quantitative estimate of drug-likeness (QED) is 0.422. The third kappa shape index (κ3) is 19.9. The van der Waals surface area contributed by atoms with Gasteiger partial charge in [-0.2, -0.15) is 11.8 Å². The van der Waals surface area contributed by atoms with E-state index in [-0.39, 0.29) is 0 Å². The Morgan fingerprint density at radius 1 is 0.478 bits per heavy atom. The van der Waals surface area contributed by atoms with Crippen LogP contribution in [0.4, 0.5) is 0 Å². The topological polar surface area (TPSA) is 62.8 Å². The zero-order chi connectivity index (χ0) is 34.7. The summed E-state index contributed by atoms with van der Waals surface area (Å²) in [5.74, 6) is 3.34. The van der Waals surface area contributed by atoms with E-state index in [9.17, 15) is 8.42 Å². The fourth-order valence-electron chi connectivity index (χ4n) is 5.63. The van der Waals surface area contributed by atoms with E-state index in [2.05, 4.69) is 117 Å². The number of nitrogens with zero attached hydrogens (tertiary/aromatic N) is 6. The maximum absolute atomic E-state index is 11.0. The lowest BCUT2D eigenvalue weighted by atomic mass is 10.2. The fourth-order valence-corrected chi connectivity index (χ4v) is 7.79. The maximum atomic E-state index is 11.0. The standard InChI is InChI=1S/C8H18N2.C7H15NO2S.C7H15NO.C7H15NS.C6H13N/c1-8(2)10-6-4-9(3)5-7-10;1-7(2)8-3-5-11(9,10)6-4-8;2*1-7(2)8-3-5-9-6-4-8;1-6(2)7-4-3-5-7/h8H,4-7H2,1-3H3;7H,3-6H2,1-2H3;2*7H,3-6H2,1-2H3;6H,3-5H2,1-2H3. The van der Waals surface area contributed by atoms with Crippen molar-refractivity contribution in [2.24, 2.45) is 0 Å². The summed E-state index contributed by atoms with van der Waals surface area (Å²) < 4.78 is 27.2. The molecule has 0 N–H and O–H groups in total. The molecular formula is C35H76N6O3S2. The Labute approximate surface area is 291 Å². The number of hydrogen-bond acceptors (Lipinski definition) is 10. The lowest BCUT2D eigenvalue weighted by Gasteiger charge is -2.34. The zero-order valence-electron chi connectivity index (χ0n) is 32.0. The molecule has 0 saturated carbocycles. The first-order chi connectivity index (χ1) is 21.6. The lowest BCUT2D eigenvalue weighted by Crippen LogP contribution is -2.47. The molecule has 0 atom stereocenters. The Bertz CT molecular complexity index is 799. The summed E-state index contributed by atoms with van der Waals surface area (Å²) in [6.45, 7) is 37.9. The number of morpholine rings is 1. The first-order valence-corrected chi connectivity index (χ1v) is 21.3. The summed E-state index contributed by atoms with van der Waals surface area (Å²) >= 11 is 2.07. The van der Waals surface area contributed by atoms with Gasteiger partial charge in [-0.1, -0.05) is 0 Å². The fraction of sp³-hybridized carbons (Fsp3) is 1.00. The van der Waals surface area contributed by atoms with Crippen LogP contribution in [0.5, 0.6) is 0 Å². The smallest absolute Gasteiger partial charge is 0.152 e. The van der Waals surface area contributed by atoms with Gasteiger partial charge in [0.2, 0.25) is 0 Å². The van der Waals surface area contributed by atoms with E-state index in [1.54, 1.807) is 0 Å². The number of likely N-dealkylation sites (tertiary alicyclic amines) is 1. The molecule has 0 amide bonds. The molecule has 9 nitrogen and oxygen atoms in total. The Kier molecular flexibility index (Phi) is 23.2. The number of hydrogen-bond donors (Lipinski definition) is 0. The van der Waals surface area contributed by atoms with E-state index in [4.69, 9.17) is 4.74 Å². The summed E-state index contributed by atoms with van der Waals surface area (Å²) in [5, 5.41) is 0. The number of thioether (sulfide) groups is 1. The van der Waals surface area contributed by atoms with E-state index >= 15 is 0 Å². The molecule has 5 aliphatic rings. The first-order valence-electron chi connectivity index (χ1n) is 18.4. The Morgan fingerprint density at radius 3 is 1.13 bits per heavy atom. The average Bonchev–Trinajstić information content (AvgIpc) is 2.98. The molecule has 276 valence electrons. The molecule has 0 spiro atoms. The number of likely N-dealkylation sites (N-methyl/N-ethyl adjacent to an activating group) is 1. The van der Waals surface area contributed by atoms with E-state index in [0.29, 0.717) is 36.7 Å². The van der Waals surface area contributed by atoms with Crippen molar-refractivity contribution < 1.29 is 13.2 Å². The Morgan fingerprint density at radius 2 is 0.826 bits per heavy atom. The highest BCUT2D eigenvalue weighted by Gasteiger charge is 2.22. The van der Waals surface area contributed by atoms with Gasteiger partial charge < -0.3 is 14.5 Å². The maximum Gasteiger partial charge on any atom is 0.152 e. The predicted octanol–water partition coefficient (Wildman–Crippen LogP) is 4.04. The Balaban J connectivity index is 0.000000289. The van der Waals surface area contributed by atoms with Crippen molar-refractivity contribution in [1.29, 1.82) is 0 Å². The van der Waals surface area contributed by atoms with Gasteiger partial charge in [0.05, 0.1) is 24.7 Å². The summed E-state index contributed by atoms with van der Waals surface area (Å²) in [4.78, 5) is 14.6. The number of ether oxygens (including phenoxy) is 1. The van der Waals surface area contributed by atoms with Crippen LogP contribution >= 0.6 is 11.8 Å². The van der Waals surface area contributed by atoms with Crippen molar-refractivity contribution in [1.82, 2.24) is 29.4 Å². The summed E-state index contributed by atoms with van der Waals surface area (Å²) in [6, 6.07) is 3.44. The summed E-state index contributed by atoms with van der Waals surface area (Å²) in [5.41, 5.74) is 0. The van der Waals surface area contributed by atoms with Gasteiger partial charge in [-0.15, -0.1) is 0 Å². The third-order valence-corrected chi connectivity index (χ3v) is 12.1. The molecule has 0 radical (unpaired) electrons. The minimum absolute atomic E-state index is 0.338. The minimum atomic E-state index is -2.69. The van der Waals surface area contributed by atoms with Crippen molar-refractivity contribution in [2.45, 2.75) is 106 Å². The van der Waals surface area contributed by atoms with Crippen LogP contribution in [0.3, 0.4) is 0 Å². The highest BCUT2D eigenvalue weighted by atomic mass is 32.2. The van der Waals surface area contributed by atoms with Crippen LogP contribution in [-0.4, -0.2) is 190 Å². The highest BCUT2D eigenvalue weighted by Crippen LogP contribution is 2.11. The van der Waals surface area contributed by atoms with Crippen molar-refractivity contribution in [3.8, 4) is 0 Å². The van der Waals surface area contributed by atoms with E-state index < -0.39 is 9.84 Å². The summed E-state index contributed by atoms with van der Waals surface area (Å²) in [7, 11) is -0.499. The zero-order valence-corrected chi connectivity index (χ0v) is 33.7. The summed E-state index contributed by atoms with van der Waals surface area (Å²) in [6.07, 6.45) is 1.41. The molecule has 0 aromatic heterocycles. The molecule has 0 aromatic rings. The molecule has 0 unspecified atom stereocenters. The second kappa shape index (κ2) is 24.2. The number of rotatable bonds is 5. The van der Waals surface area contributed by atoms with Gasteiger partial charge in [0.15, 0.2) is 9.84 Å². The largest absolute Gasteiger partial charge is 0.379 e. The average molecular weight is 693 g/mol. The SMILES string of the molecule is CC(C)N1CCC1.CC(C)N1CCN(C)CC1.CC(C)N1CCOCC1.CC(C)N1CCS(=O)(=O)CC1.CC(C)N1CCSCC1. The number of sulfone groups is 1. The van der Waals surface area contributed by atoms with Crippen LogP contribution in [0.25, 0.3) is 0 Å². The first kappa shape index (κ1) is 44.0. The van der Waals surface area contributed by atoms with Gasteiger partial charge in [0.1, 0.15) is 0 Å². The molecule has 0 aliphatic carbocycles. The molecule has 5 saturated heterocycles. The van der Waals surface area contributed by atoms with Gasteiger partial charge in [-0.25, -0.2) is 8.42 Å². The molecule has 5 heterocycles. The molecule has 11 heteroatoms. The molecule has 5 fully saturated rings. The van der Waals surface area contributed by atoms with Gasteiger partial charge in [-0.05, 0) is 95.8 Å². The van der Waals surface area contributed by atoms with Gasteiger partial charge in [0.25, 0.3) is 0 Å². The van der Waals surface area contributed by atoms with Crippen molar-refractivity contribution in [3.05, 3.63) is 0 Å². The van der Waals surface area contributed by atoms with E-state index in [1.165, 1.54) is 70.3 Å². The van der Waals surface area contributed by atoms with Gasteiger partial charge in [-0.3, -0.25) is 19.6 Å². The molecule has 0 aromatic carbocycles. The molecule has 0 bridgehead atoms. The van der Waals surface area contributed by atoms with Crippen LogP contribution in [0.15, 0.2) is 0 Å². The van der Waals surface area contributed by atoms with Crippen LogP contribution < -0.4 is 0 Å². The van der Waals surface area contributed by atoms with Crippen LogP contribution in [0.1, 0.15) is 75.7 Å². The van der Waals surface area contributed by atoms with Crippen molar-refractivity contribution >= 4 is 21.6 Å². The third-order valence-electron chi connectivity index (χ3n) is 9.55. The molecule has 5 aliphatic heterocycles. The Hall–Kier alpha value is 0.0200. The van der Waals surface area contributed by atoms with Crippen molar-refractivity contribution in [3.63, 3.8) is 0 Å². The van der Waals surface area contributed by atoms with Crippen LogP contribution in [0.2, 0.25) is 0 Å².